The van der Waals surface area contributed by atoms with Gasteiger partial charge in [0, 0.05) is 29.7 Å². The number of anilines is 2. The highest BCUT2D eigenvalue weighted by Gasteiger charge is 2.25. The van der Waals surface area contributed by atoms with Crippen LogP contribution in [-0.4, -0.2) is 23.3 Å². The quantitative estimate of drug-likeness (QED) is 0.774. The number of nitrogens with one attached hydrogen (secondary N) is 1. The summed E-state index contributed by atoms with van der Waals surface area (Å²) in [6.07, 6.45) is 2.34. The summed E-state index contributed by atoms with van der Waals surface area (Å²) in [6, 6.07) is 18.6. The van der Waals surface area contributed by atoms with Crippen molar-refractivity contribution in [2.24, 2.45) is 0 Å². The van der Waals surface area contributed by atoms with Crippen molar-refractivity contribution in [1.82, 2.24) is 4.98 Å². The number of benzene rings is 2. The smallest absolute Gasteiger partial charge is 0.274 e. The maximum atomic E-state index is 13.0. The summed E-state index contributed by atoms with van der Waals surface area (Å²) in [4.78, 5) is 31.4. The molecule has 1 aliphatic heterocycles. The fourth-order valence-corrected chi connectivity index (χ4v) is 3.31. The van der Waals surface area contributed by atoms with E-state index in [0.717, 1.165) is 23.2 Å². The van der Waals surface area contributed by atoms with Crippen molar-refractivity contribution >= 4 is 23.2 Å². The summed E-state index contributed by atoms with van der Waals surface area (Å²) in [6.45, 7) is 2.60. The van der Waals surface area contributed by atoms with Gasteiger partial charge >= 0.3 is 0 Å². The van der Waals surface area contributed by atoms with Crippen LogP contribution in [0.25, 0.3) is 0 Å². The highest BCUT2D eigenvalue weighted by Crippen LogP contribution is 2.28. The third-order valence-corrected chi connectivity index (χ3v) is 4.65. The number of hydrogen-bond donors (Lipinski definition) is 1. The van der Waals surface area contributed by atoms with Gasteiger partial charge in [-0.25, -0.2) is 0 Å². The molecule has 0 spiro atoms. The average Bonchev–Trinajstić information content (AvgIpc) is 3.11. The standard InChI is InChI=1S/C22H19N3O2/c1-15-5-4-7-18(13-15)24-21(26)19-14-17(9-11-23-19)22(27)25-12-10-16-6-2-3-8-20(16)25/h2-9,11,13-14H,10,12H2,1H3,(H,24,26). The molecule has 5 nitrogen and oxygen atoms in total. The summed E-state index contributed by atoms with van der Waals surface area (Å²) in [5, 5.41) is 2.82. The van der Waals surface area contributed by atoms with E-state index in [0.29, 0.717) is 17.8 Å². The van der Waals surface area contributed by atoms with Gasteiger partial charge in [-0.3, -0.25) is 14.6 Å². The lowest BCUT2D eigenvalue weighted by molar-refractivity contribution is 0.0989. The molecule has 0 saturated heterocycles. The molecule has 0 bridgehead atoms. The van der Waals surface area contributed by atoms with Gasteiger partial charge in [0.25, 0.3) is 11.8 Å². The molecule has 4 rings (SSSR count). The van der Waals surface area contributed by atoms with Gasteiger partial charge in [0.1, 0.15) is 5.69 Å². The lowest BCUT2D eigenvalue weighted by atomic mass is 10.1. The molecule has 0 atom stereocenters. The predicted octanol–water partition coefficient (Wildman–Crippen LogP) is 3.85. The number of fused-ring (bicyclic) bond motifs is 1. The zero-order valence-corrected chi connectivity index (χ0v) is 15.0. The fourth-order valence-electron chi connectivity index (χ4n) is 3.31. The van der Waals surface area contributed by atoms with Crippen LogP contribution in [0.5, 0.6) is 0 Å². The van der Waals surface area contributed by atoms with Gasteiger partial charge in [-0.1, -0.05) is 30.3 Å². The van der Waals surface area contributed by atoms with Crippen LogP contribution in [0.2, 0.25) is 0 Å². The van der Waals surface area contributed by atoms with E-state index in [2.05, 4.69) is 10.3 Å². The molecule has 27 heavy (non-hydrogen) atoms. The first-order chi connectivity index (χ1) is 13.1. The van der Waals surface area contributed by atoms with Crippen LogP contribution >= 0.6 is 0 Å². The molecule has 2 aromatic carbocycles. The molecule has 3 aromatic rings. The van der Waals surface area contributed by atoms with E-state index in [1.54, 1.807) is 17.0 Å². The van der Waals surface area contributed by atoms with E-state index < -0.39 is 0 Å². The average molecular weight is 357 g/mol. The number of carbonyl (C=O) groups is 2. The monoisotopic (exact) mass is 357 g/mol. The molecule has 134 valence electrons. The predicted molar refractivity (Wildman–Crippen MR) is 105 cm³/mol. The molecule has 1 aromatic heterocycles. The van der Waals surface area contributed by atoms with Gasteiger partial charge in [-0.15, -0.1) is 0 Å². The van der Waals surface area contributed by atoms with Crippen molar-refractivity contribution in [1.29, 1.82) is 0 Å². The molecular formula is C22H19N3O2. The van der Waals surface area contributed by atoms with Crippen molar-refractivity contribution in [3.05, 3.63) is 89.2 Å². The van der Waals surface area contributed by atoms with Crippen LogP contribution in [-0.2, 0) is 6.42 Å². The summed E-state index contributed by atoms with van der Waals surface area (Å²) < 4.78 is 0. The van der Waals surface area contributed by atoms with Crippen molar-refractivity contribution in [3.63, 3.8) is 0 Å². The molecule has 2 heterocycles. The van der Waals surface area contributed by atoms with Gasteiger partial charge in [0.2, 0.25) is 0 Å². The van der Waals surface area contributed by atoms with Crippen molar-refractivity contribution in [2.45, 2.75) is 13.3 Å². The van der Waals surface area contributed by atoms with Crippen molar-refractivity contribution in [2.75, 3.05) is 16.8 Å². The van der Waals surface area contributed by atoms with Crippen LogP contribution < -0.4 is 10.2 Å². The number of rotatable bonds is 3. The maximum absolute atomic E-state index is 13.0. The van der Waals surface area contributed by atoms with Crippen LogP contribution in [0.1, 0.15) is 32.0 Å². The molecule has 5 heteroatoms. The van der Waals surface area contributed by atoms with Crippen LogP contribution in [0.15, 0.2) is 66.9 Å². The molecule has 1 aliphatic rings. The summed E-state index contributed by atoms with van der Waals surface area (Å²) in [7, 11) is 0. The number of amides is 2. The highest BCUT2D eigenvalue weighted by atomic mass is 16.2. The molecule has 2 amide bonds. The first kappa shape index (κ1) is 17.0. The number of aryl methyl sites for hydroxylation is 1. The minimum atomic E-state index is -0.336. The van der Waals surface area contributed by atoms with Crippen molar-refractivity contribution in [3.8, 4) is 0 Å². The van der Waals surface area contributed by atoms with Crippen LogP contribution in [0.3, 0.4) is 0 Å². The normalized spacial score (nSPS) is 12.6. The topological polar surface area (TPSA) is 62.3 Å². The Morgan fingerprint density at radius 1 is 1.04 bits per heavy atom. The number of pyridine rings is 1. The zero-order chi connectivity index (χ0) is 18.8. The second-order valence-corrected chi connectivity index (χ2v) is 6.59. The number of nitrogens with zero attached hydrogens (tertiary/aromatic N) is 2. The second kappa shape index (κ2) is 7.03. The largest absolute Gasteiger partial charge is 0.321 e. The Morgan fingerprint density at radius 2 is 1.89 bits per heavy atom. The van der Waals surface area contributed by atoms with Crippen LogP contribution in [0.4, 0.5) is 11.4 Å². The Labute approximate surface area is 157 Å². The van der Waals surface area contributed by atoms with Gasteiger partial charge < -0.3 is 10.2 Å². The molecule has 0 unspecified atom stereocenters. The number of para-hydroxylation sites is 1. The van der Waals surface area contributed by atoms with E-state index in [4.69, 9.17) is 0 Å². The third-order valence-electron chi connectivity index (χ3n) is 4.65. The van der Waals surface area contributed by atoms with Gasteiger partial charge in [0.15, 0.2) is 0 Å². The number of hydrogen-bond acceptors (Lipinski definition) is 3. The highest BCUT2D eigenvalue weighted by molar-refractivity contribution is 6.09. The Bertz CT molecular complexity index is 1030. The van der Waals surface area contributed by atoms with Gasteiger partial charge in [0.05, 0.1) is 0 Å². The Morgan fingerprint density at radius 3 is 2.74 bits per heavy atom. The fraction of sp³-hybridized carbons (Fsp3) is 0.136. The number of aromatic nitrogens is 1. The molecule has 0 radical (unpaired) electrons. The summed E-state index contributed by atoms with van der Waals surface area (Å²) in [5.74, 6) is -0.455. The Balaban J connectivity index is 1.56. The molecule has 0 fully saturated rings. The summed E-state index contributed by atoms with van der Waals surface area (Å²) >= 11 is 0. The second-order valence-electron chi connectivity index (χ2n) is 6.59. The molecule has 0 saturated carbocycles. The first-order valence-electron chi connectivity index (χ1n) is 8.86. The zero-order valence-electron chi connectivity index (χ0n) is 15.0. The number of carbonyl (C=O) groups excluding carboxylic acids is 2. The molecular weight excluding hydrogens is 338 g/mol. The van der Waals surface area contributed by atoms with E-state index in [1.807, 2.05) is 55.5 Å². The molecule has 0 aliphatic carbocycles. The minimum Gasteiger partial charge on any atom is -0.321 e. The van der Waals surface area contributed by atoms with E-state index in [9.17, 15) is 9.59 Å². The lowest BCUT2D eigenvalue weighted by Gasteiger charge is -2.17. The Kier molecular flexibility index (Phi) is 4.42. The third kappa shape index (κ3) is 3.44. The van der Waals surface area contributed by atoms with E-state index in [1.165, 1.54) is 6.20 Å². The SMILES string of the molecule is Cc1cccc(NC(=O)c2cc(C(=O)N3CCc4ccccc43)ccn2)c1. The van der Waals surface area contributed by atoms with E-state index in [-0.39, 0.29) is 17.5 Å². The Hall–Kier alpha value is -3.47. The lowest BCUT2D eigenvalue weighted by Crippen LogP contribution is -2.29. The minimum absolute atomic E-state index is 0.119. The summed E-state index contributed by atoms with van der Waals surface area (Å²) in [5.41, 5.74) is 4.53. The maximum Gasteiger partial charge on any atom is 0.274 e. The molecule has 1 N–H and O–H groups in total. The van der Waals surface area contributed by atoms with Crippen LogP contribution in [0, 0.1) is 6.92 Å². The van der Waals surface area contributed by atoms with Gasteiger partial charge in [-0.05, 0) is 54.8 Å². The van der Waals surface area contributed by atoms with Gasteiger partial charge in [-0.2, -0.15) is 0 Å². The van der Waals surface area contributed by atoms with E-state index >= 15 is 0 Å². The van der Waals surface area contributed by atoms with Crippen molar-refractivity contribution < 1.29 is 9.59 Å². The first-order valence-corrected chi connectivity index (χ1v) is 8.86.